The van der Waals surface area contributed by atoms with E-state index in [-0.39, 0.29) is 0 Å². The number of para-hydroxylation sites is 1. The molecule has 72 valence electrons. The van der Waals surface area contributed by atoms with E-state index in [2.05, 4.69) is 35.2 Å². The molecular formula is C12H14N2. The van der Waals surface area contributed by atoms with Crippen LogP contribution in [0.1, 0.15) is 18.4 Å². The maximum Gasteiger partial charge on any atom is 0.105 e. The van der Waals surface area contributed by atoms with Crippen LogP contribution in [0.4, 0.5) is 5.69 Å². The number of anilines is 1. The molecular weight excluding hydrogens is 172 g/mol. The van der Waals surface area contributed by atoms with E-state index in [4.69, 9.17) is 5.26 Å². The van der Waals surface area contributed by atoms with E-state index >= 15 is 0 Å². The first kappa shape index (κ1) is 9.08. The van der Waals surface area contributed by atoms with Crippen LogP contribution in [-0.4, -0.2) is 13.1 Å². The Bertz CT molecular complexity index is 352. The molecule has 0 N–H and O–H groups in total. The highest BCUT2D eigenvalue weighted by Gasteiger charge is 2.13. The van der Waals surface area contributed by atoms with Crippen molar-refractivity contribution < 1.29 is 0 Å². The molecule has 1 heterocycles. The number of fused-ring (bicyclic) bond motifs is 1. The third-order valence-corrected chi connectivity index (χ3v) is 2.72. The fourth-order valence-corrected chi connectivity index (χ4v) is 2.02. The lowest BCUT2D eigenvalue weighted by atomic mass is 10.1. The van der Waals surface area contributed by atoms with Crippen LogP contribution in [0.15, 0.2) is 24.3 Å². The number of nitriles is 1. The summed E-state index contributed by atoms with van der Waals surface area (Å²) in [6.45, 7) is 1.53. The molecule has 0 radical (unpaired) electrons. The lowest BCUT2D eigenvalue weighted by Gasteiger charge is -2.21. The van der Waals surface area contributed by atoms with Crippen molar-refractivity contribution in [3.63, 3.8) is 0 Å². The van der Waals surface area contributed by atoms with Crippen LogP contribution in [0.5, 0.6) is 0 Å². The van der Waals surface area contributed by atoms with Gasteiger partial charge in [-0.1, -0.05) is 18.2 Å². The van der Waals surface area contributed by atoms with Gasteiger partial charge < -0.3 is 4.90 Å². The van der Waals surface area contributed by atoms with E-state index in [1.54, 1.807) is 0 Å². The van der Waals surface area contributed by atoms with Gasteiger partial charge in [-0.25, -0.2) is 0 Å². The van der Waals surface area contributed by atoms with Crippen LogP contribution >= 0.6 is 0 Å². The minimum Gasteiger partial charge on any atom is -0.358 e. The van der Waals surface area contributed by atoms with Crippen molar-refractivity contribution in [2.45, 2.75) is 19.3 Å². The summed E-state index contributed by atoms with van der Waals surface area (Å²) in [4.78, 5) is 2.18. The second kappa shape index (κ2) is 4.15. The van der Waals surface area contributed by atoms with Gasteiger partial charge in [0.1, 0.15) is 6.54 Å². The van der Waals surface area contributed by atoms with Crippen molar-refractivity contribution in [3.8, 4) is 6.07 Å². The average Bonchev–Trinajstić information content (AvgIpc) is 2.42. The number of aryl methyl sites for hydroxylation is 1. The van der Waals surface area contributed by atoms with Crippen molar-refractivity contribution in [1.82, 2.24) is 0 Å². The molecule has 0 aromatic heterocycles. The summed E-state index contributed by atoms with van der Waals surface area (Å²) in [5.41, 5.74) is 2.65. The molecule has 2 rings (SSSR count). The average molecular weight is 186 g/mol. The minimum atomic E-state index is 0.511. The first-order chi connectivity index (χ1) is 6.92. The molecule has 14 heavy (non-hydrogen) atoms. The quantitative estimate of drug-likeness (QED) is 0.629. The van der Waals surface area contributed by atoms with Gasteiger partial charge in [-0.05, 0) is 30.9 Å². The summed E-state index contributed by atoms with van der Waals surface area (Å²) in [5.74, 6) is 0. The topological polar surface area (TPSA) is 27.0 Å². The standard InChI is InChI=1S/C12H14N2/c13-8-10-14-9-4-3-6-11-5-1-2-7-12(11)14/h1-2,5,7H,3-4,6,9-10H2. The summed E-state index contributed by atoms with van der Waals surface area (Å²) in [6, 6.07) is 10.7. The molecule has 0 amide bonds. The Hall–Kier alpha value is -1.49. The van der Waals surface area contributed by atoms with Crippen molar-refractivity contribution in [3.05, 3.63) is 29.8 Å². The molecule has 0 atom stereocenters. The molecule has 0 bridgehead atoms. The Morgan fingerprint density at radius 2 is 2.14 bits per heavy atom. The van der Waals surface area contributed by atoms with E-state index in [9.17, 15) is 0 Å². The molecule has 1 aliphatic rings. The summed E-state index contributed by atoms with van der Waals surface area (Å²) >= 11 is 0. The Balaban J connectivity index is 2.33. The highest BCUT2D eigenvalue weighted by molar-refractivity contribution is 5.54. The lowest BCUT2D eigenvalue weighted by molar-refractivity contribution is 0.738. The Kier molecular flexibility index (Phi) is 2.69. The maximum absolute atomic E-state index is 8.74. The zero-order valence-corrected chi connectivity index (χ0v) is 8.24. The molecule has 0 unspecified atom stereocenters. The van der Waals surface area contributed by atoms with Gasteiger partial charge in [0.15, 0.2) is 0 Å². The number of benzene rings is 1. The van der Waals surface area contributed by atoms with E-state index in [1.165, 1.54) is 24.1 Å². The second-order valence-electron chi connectivity index (χ2n) is 3.67. The first-order valence-corrected chi connectivity index (χ1v) is 5.11. The van der Waals surface area contributed by atoms with Gasteiger partial charge in [0.05, 0.1) is 6.07 Å². The van der Waals surface area contributed by atoms with Crippen molar-refractivity contribution in [2.24, 2.45) is 0 Å². The van der Waals surface area contributed by atoms with Crippen LogP contribution in [0, 0.1) is 11.3 Å². The molecule has 1 aromatic carbocycles. The predicted octanol–water partition coefficient (Wildman–Crippen LogP) is 2.35. The van der Waals surface area contributed by atoms with Gasteiger partial charge in [-0.3, -0.25) is 0 Å². The van der Waals surface area contributed by atoms with E-state index < -0.39 is 0 Å². The van der Waals surface area contributed by atoms with Gasteiger partial charge in [-0.15, -0.1) is 0 Å². The van der Waals surface area contributed by atoms with Crippen molar-refractivity contribution in [1.29, 1.82) is 5.26 Å². The van der Waals surface area contributed by atoms with E-state index in [0.717, 1.165) is 13.0 Å². The van der Waals surface area contributed by atoms with Crippen molar-refractivity contribution in [2.75, 3.05) is 18.0 Å². The van der Waals surface area contributed by atoms with E-state index in [0.29, 0.717) is 6.54 Å². The number of rotatable bonds is 1. The zero-order valence-electron chi connectivity index (χ0n) is 8.24. The van der Waals surface area contributed by atoms with Gasteiger partial charge in [-0.2, -0.15) is 5.26 Å². The van der Waals surface area contributed by atoms with Crippen molar-refractivity contribution >= 4 is 5.69 Å². The largest absolute Gasteiger partial charge is 0.358 e. The third-order valence-electron chi connectivity index (χ3n) is 2.72. The van der Waals surface area contributed by atoms with Crippen LogP contribution in [0.25, 0.3) is 0 Å². The molecule has 1 aliphatic heterocycles. The number of hydrogen-bond acceptors (Lipinski definition) is 2. The number of nitrogens with zero attached hydrogens (tertiary/aromatic N) is 2. The van der Waals surface area contributed by atoms with Gasteiger partial charge in [0, 0.05) is 12.2 Å². The van der Waals surface area contributed by atoms with Gasteiger partial charge in [0.2, 0.25) is 0 Å². The minimum absolute atomic E-state index is 0.511. The first-order valence-electron chi connectivity index (χ1n) is 5.11. The van der Waals surface area contributed by atoms with Crippen LogP contribution < -0.4 is 4.90 Å². The SMILES string of the molecule is N#CCN1CCCCc2ccccc21. The molecule has 0 saturated heterocycles. The molecule has 0 spiro atoms. The third kappa shape index (κ3) is 1.72. The summed E-state index contributed by atoms with van der Waals surface area (Å²) in [7, 11) is 0. The Labute approximate surface area is 84.8 Å². The normalized spacial score (nSPS) is 15.5. The predicted molar refractivity (Wildman–Crippen MR) is 57.2 cm³/mol. The van der Waals surface area contributed by atoms with Crippen LogP contribution in [0.3, 0.4) is 0 Å². The monoisotopic (exact) mass is 186 g/mol. The molecule has 0 aliphatic carbocycles. The van der Waals surface area contributed by atoms with Crippen LogP contribution in [0.2, 0.25) is 0 Å². The molecule has 0 saturated carbocycles. The lowest BCUT2D eigenvalue weighted by Crippen LogP contribution is -2.24. The summed E-state index contributed by atoms with van der Waals surface area (Å²) < 4.78 is 0. The van der Waals surface area contributed by atoms with Gasteiger partial charge in [0.25, 0.3) is 0 Å². The van der Waals surface area contributed by atoms with Crippen LogP contribution in [-0.2, 0) is 6.42 Å². The zero-order chi connectivity index (χ0) is 9.80. The van der Waals surface area contributed by atoms with E-state index in [1.807, 2.05) is 0 Å². The molecule has 2 heteroatoms. The summed E-state index contributed by atoms with van der Waals surface area (Å²) in [6.07, 6.45) is 3.58. The summed E-state index contributed by atoms with van der Waals surface area (Å²) in [5, 5.41) is 8.74. The Morgan fingerprint density at radius 1 is 1.29 bits per heavy atom. The number of hydrogen-bond donors (Lipinski definition) is 0. The smallest absolute Gasteiger partial charge is 0.105 e. The highest BCUT2D eigenvalue weighted by Crippen LogP contribution is 2.25. The molecule has 1 aromatic rings. The fourth-order valence-electron chi connectivity index (χ4n) is 2.02. The van der Waals surface area contributed by atoms with Gasteiger partial charge >= 0.3 is 0 Å². The maximum atomic E-state index is 8.74. The Morgan fingerprint density at radius 3 is 3.00 bits per heavy atom. The molecule has 0 fully saturated rings. The highest BCUT2D eigenvalue weighted by atomic mass is 15.1. The second-order valence-corrected chi connectivity index (χ2v) is 3.67. The fraction of sp³-hybridized carbons (Fsp3) is 0.417. The molecule has 2 nitrogen and oxygen atoms in total.